The average Bonchev–Trinajstić information content (AvgIpc) is 2.38. The van der Waals surface area contributed by atoms with Crippen molar-refractivity contribution < 1.29 is 14.3 Å². The van der Waals surface area contributed by atoms with Crippen molar-refractivity contribution in [1.29, 1.82) is 0 Å². The molecule has 0 N–H and O–H groups in total. The van der Waals surface area contributed by atoms with Crippen LogP contribution in [0.1, 0.15) is 10.5 Å². The number of hydrogen-bond acceptors (Lipinski definition) is 5. The van der Waals surface area contributed by atoms with Crippen LogP contribution in [0.4, 0.5) is 0 Å². The number of ether oxygens (including phenoxy) is 1. The third-order valence-corrected chi connectivity index (χ3v) is 1.38. The lowest BCUT2D eigenvalue weighted by molar-refractivity contribution is -0.123. The Morgan fingerprint density at radius 2 is 2.60 bits per heavy atom. The van der Waals surface area contributed by atoms with Gasteiger partial charge in [-0.2, -0.15) is 0 Å². The summed E-state index contributed by atoms with van der Waals surface area (Å²) in [4.78, 5) is 23.9. The van der Waals surface area contributed by atoms with Gasteiger partial charge in [0.25, 0.3) is 0 Å². The van der Waals surface area contributed by atoms with Gasteiger partial charge in [0.05, 0.1) is 5.51 Å². The average molecular weight is 157 g/mol. The quantitative estimate of drug-likeness (QED) is 0.355. The van der Waals surface area contributed by atoms with E-state index in [0.717, 1.165) is 0 Å². The zero-order chi connectivity index (χ0) is 7.40. The maximum absolute atomic E-state index is 10.6. The van der Waals surface area contributed by atoms with E-state index >= 15 is 0 Å². The molecule has 0 spiro atoms. The first-order chi connectivity index (χ1) is 4.84. The molecule has 0 saturated carbocycles. The van der Waals surface area contributed by atoms with Gasteiger partial charge in [-0.05, 0) is 0 Å². The maximum atomic E-state index is 10.6. The first kappa shape index (κ1) is 6.88. The van der Waals surface area contributed by atoms with E-state index in [1.54, 1.807) is 0 Å². The van der Waals surface area contributed by atoms with Crippen LogP contribution in [0.2, 0.25) is 0 Å². The van der Waals surface area contributed by atoms with Crippen molar-refractivity contribution in [2.45, 2.75) is 0 Å². The minimum Gasteiger partial charge on any atom is -0.391 e. The van der Waals surface area contributed by atoms with Crippen LogP contribution in [-0.2, 0) is 9.53 Å². The highest BCUT2D eigenvalue weighted by Crippen LogP contribution is 2.01. The Kier molecular flexibility index (Phi) is 2.11. The fourth-order valence-corrected chi connectivity index (χ4v) is 0.939. The molecule has 1 aromatic heterocycles. The Hall–Kier alpha value is -1.23. The Morgan fingerprint density at radius 3 is 3.10 bits per heavy atom. The minimum atomic E-state index is -0.712. The van der Waals surface area contributed by atoms with Gasteiger partial charge in [0.1, 0.15) is 0 Å². The fraction of sp³-hybridized carbons (Fsp3) is 0. The van der Waals surface area contributed by atoms with E-state index in [-0.39, 0.29) is 12.2 Å². The monoisotopic (exact) mass is 157 g/mol. The molecular weight excluding hydrogens is 154 g/mol. The largest absolute Gasteiger partial charge is 0.391 e. The zero-order valence-corrected chi connectivity index (χ0v) is 5.63. The normalized spacial score (nSPS) is 8.80. The lowest BCUT2D eigenvalue weighted by Gasteiger charge is -1.87. The van der Waals surface area contributed by atoms with Crippen molar-refractivity contribution in [3.8, 4) is 0 Å². The Balaban J connectivity index is 2.68. The molecule has 0 fully saturated rings. The highest BCUT2D eigenvalue weighted by molar-refractivity contribution is 7.07. The summed E-state index contributed by atoms with van der Waals surface area (Å²) in [6.07, 6.45) is 0. The van der Waals surface area contributed by atoms with Crippen molar-refractivity contribution in [1.82, 2.24) is 4.98 Å². The molecule has 5 heteroatoms. The smallest absolute Gasteiger partial charge is 0.365 e. The van der Waals surface area contributed by atoms with Gasteiger partial charge in [-0.3, -0.25) is 4.79 Å². The van der Waals surface area contributed by atoms with E-state index in [0.29, 0.717) is 0 Å². The molecule has 0 saturated heterocycles. The van der Waals surface area contributed by atoms with E-state index < -0.39 is 5.97 Å². The van der Waals surface area contributed by atoms with Crippen LogP contribution < -0.4 is 0 Å². The molecule has 0 atom stereocenters. The predicted molar refractivity (Wildman–Crippen MR) is 33.6 cm³/mol. The van der Waals surface area contributed by atoms with Gasteiger partial charge >= 0.3 is 12.4 Å². The second kappa shape index (κ2) is 3.07. The predicted octanol–water partition coefficient (Wildman–Crippen LogP) is 0.456. The van der Waals surface area contributed by atoms with Crippen LogP contribution in [0.15, 0.2) is 10.9 Å². The molecule has 0 aliphatic carbocycles. The van der Waals surface area contributed by atoms with Crippen molar-refractivity contribution in [2.75, 3.05) is 0 Å². The number of aromatic nitrogens is 1. The van der Waals surface area contributed by atoms with E-state index in [2.05, 4.69) is 9.72 Å². The van der Waals surface area contributed by atoms with Crippen LogP contribution in [0.3, 0.4) is 0 Å². The topological polar surface area (TPSA) is 56.3 Å². The molecule has 0 aliphatic heterocycles. The summed E-state index contributed by atoms with van der Waals surface area (Å²) in [5.41, 5.74) is 1.65. The van der Waals surface area contributed by atoms with Gasteiger partial charge in [-0.25, -0.2) is 9.78 Å². The van der Waals surface area contributed by atoms with E-state index in [9.17, 15) is 9.59 Å². The number of nitrogens with zero attached hydrogens (tertiary/aromatic N) is 1. The molecule has 0 aromatic carbocycles. The Bertz CT molecular complexity index is 231. The van der Waals surface area contributed by atoms with Gasteiger partial charge in [-0.15, -0.1) is 11.3 Å². The summed E-state index contributed by atoms with van der Waals surface area (Å²) >= 11 is 1.27. The molecule has 1 rings (SSSR count). The van der Waals surface area contributed by atoms with Crippen molar-refractivity contribution >= 4 is 23.8 Å². The van der Waals surface area contributed by atoms with Gasteiger partial charge in [-0.1, -0.05) is 0 Å². The van der Waals surface area contributed by atoms with E-state index in [4.69, 9.17) is 0 Å². The summed E-state index contributed by atoms with van der Waals surface area (Å²) in [6, 6.07) is 0. The lowest BCUT2D eigenvalue weighted by atomic mass is 10.5. The molecule has 4 nitrogen and oxygen atoms in total. The van der Waals surface area contributed by atoms with Crippen LogP contribution >= 0.6 is 11.3 Å². The van der Waals surface area contributed by atoms with Gasteiger partial charge < -0.3 is 4.74 Å². The summed E-state index contributed by atoms with van der Waals surface area (Å²) < 4.78 is 4.01. The standard InChI is InChI=1S/C5H3NO3S/c7-3-9-5(8)4-1-10-2-6-4/h1-3H. The number of rotatable bonds is 2. The maximum Gasteiger partial charge on any atom is 0.365 e. The second-order valence-electron chi connectivity index (χ2n) is 1.38. The summed E-state index contributed by atoms with van der Waals surface area (Å²) in [5.74, 6) is -0.712. The van der Waals surface area contributed by atoms with Crippen LogP contribution in [0.25, 0.3) is 0 Å². The highest BCUT2D eigenvalue weighted by Gasteiger charge is 2.06. The lowest BCUT2D eigenvalue weighted by Crippen LogP contribution is -2.02. The van der Waals surface area contributed by atoms with Crippen LogP contribution in [0.5, 0.6) is 0 Å². The first-order valence-electron chi connectivity index (χ1n) is 2.37. The molecule has 0 radical (unpaired) electrons. The van der Waals surface area contributed by atoms with Gasteiger partial charge in [0.2, 0.25) is 0 Å². The highest BCUT2D eigenvalue weighted by atomic mass is 32.1. The molecule has 0 amide bonds. The fourth-order valence-electron chi connectivity index (χ4n) is 0.417. The Labute approximate surface area is 60.5 Å². The summed E-state index contributed by atoms with van der Waals surface area (Å²) in [7, 11) is 0. The number of hydrogen-bond donors (Lipinski definition) is 0. The molecule has 0 unspecified atom stereocenters. The minimum absolute atomic E-state index is 0.0850. The van der Waals surface area contributed by atoms with Crippen molar-refractivity contribution in [3.05, 3.63) is 16.6 Å². The summed E-state index contributed by atoms with van der Waals surface area (Å²) in [6.45, 7) is 0.0850. The van der Waals surface area contributed by atoms with Crippen LogP contribution in [0, 0.1) is 0 Å². The molecule has 0 aliphatic rings. The molecule has 1 heterocycles. The molecular formula is C5H3NO3S. The SMILES string of the molecule is O=COC(=O)c1cscn1. The van der Waals surface area contributed by atoms with Gasteiger partial charge in [0, 0.05) is 5.38 Å². The molecule has 0 bridgehead atoms. The molecule has 1 aromatic rings. The Morgan fingerprint density at radius 1 is 1.80 bits per heavy atom. The number of carbonyl (C=O) groups excluding carboxylic acids is 2. The van der Waals surface area contributed by atoms with Gasteiger partial charge in [0.15, 0.2) is 5.69 Å². The van der Waals surface area contributed by atoms with E-state index in [1.165, 1.54) is 22.2 Å². The number of thiazole rings is 1. The van der Waals surface area contributed by atoms with Crippen molar-refractivity contribution in [3.63, 3.8) is 0 Å². The third kappa shape index (κ3) is 1.38. The van der Waals surface area contributed by atoms with Crippen LogP contribution in [-0.4, -0.2) is 17.4 Å². The second-order valence-corrected chi connectivity index (χ2v) is 2.09. The van der Waals surface area contributed by atoms with Crippen molar-refractivity contribution in [2.24, 2.45) is 0 Å². The molecule has 52 valence electrons. The number of carbonyl (C=O) groups is 2. The first-order valence-corrected chi connectivity index (χ1v) is 3.31. The zero-order valence-electron chi connectivity index (χ0n) is 4.81. The third-order valence-electron chi connectivity index (χ3n) is 0.797. The number of esters is 1. The van der Waals surface area contributed by atoms with E-state index in [1.807, 2.05) is 0 Å². The molecule has 10 heavy (non-hydrogen) atoms. The summed E-state index contributed by atoms with van der Waals surface area (Å²) in [5, 5.41) is 1.51.